The number of fused-ring (bicyclic) bond motifs is 1. The standard InChI is InChI=1S/C34H40Cl2N8O5/c1-37-33(47)43-18-16-42(17-19-43)15-7-11-29(45)39-20-30(46)41(2)26-13-12-25(35)24(31(26)36)22-49-28-10-6-9-27-32(28)40-34(48-3)44(27)21-23-8-4-5-14-38-23/h4-6,8-10,12-14H,7,11,15-22H2,1-3H3,(H,37,47)(H,39,45). The fourth-order valence-corrected chi connectivity index (χ4v) is 6.22. The van der Waals surface area contributed by atoms with E-state index in [9.17, 15) is 14.4 Å². The van der Waals surface area contributed by atoms with Crippen molar-refractivity contribution < 1.29 is 23.9 Å². The zero-order valence-corrected chi connectivity index (χ0v) is 29.3. The van der Waals surface area contributed by atoms with E-state index in [0.717, 1.165) is 30.8 Å². The number of nitrogens with one attached hydrogen (secondary N) is 2. The highest BCUT2D eigenvalue weighted by atomic mass is 35.5. The lowest BCUT2D eigenvalue weighted by Crippen LogP contribution is -2.51. The molecule has 0 spiro atoms. The lowest BCUT2D eigenvalue weighted by Gasteiger charge is -2.34. The van der Waals surface area contributed by atoms with Gasteiger partial charge in [0.2, 0.25) is 11.8 Å². The highest BCUT2D eigenvalue weighted by Gasteiger charge is 2.22. The first-order chi connectivity index (χ1) is 23.7. The van der Waals surface area contributed by atoms with Crippen LogP contribution in [0, 0.1) is 0 Å². The Morgan fingerprint density at radius 2 is 1.82 bits per heavy atom. The zero-order chi connectivity index (χ0) is 34.9. The first kappa shape index (κ1) is 35.7. The molecule has 1 aliphatic rings. The zero-order valence-electron chi connectivity index (χ0n) is 27.7. The Morgan fingerprint density at radius 3 is 2.53 bits per heavy atom. The number of hydrogen-bond donors (Lipinski definition) is 2. The third-order valence-corrected chi connectivity index (χ3v) is 9.17. The van der Waals surface area contributed by atoms with E-state index >= 15 is 0 Å². The quantitative estimate of drug-likeness (QED) is 0.211. The average Bonchev–Trinajstić information content (AvgIpc) is 3.48. The van der Waals surface area contributed by atoms with Gasteiger partial charge in [-0.2, -0.15) is 4.98 Å². The lowest BCUT2D eigenvalue weighted by molar-refractivity contribution is -0.125. The van der Waals surface area contributed by atoms with Gasteiger partial charge in [0, 0.05) is 63.5 Å². The van der Waals surface area contributed by atoms with E-state index in [2.05, 4.69) is 25.5 Å². The predicted octanol–water partition coefficient (Wildman–Crippen LogP) is 4.19. The number of benzene rings is 2. The summed E-state index contributed by atoms with van der Waals surface area (Å²) in [5, 5.41) is 5.99. The van der Waals surface area contributed by atoms with Crippen molar-refractivity contribution >= 4 is 57.8 Å². The smallest absolute Gasteiger partial charge is 0.317 e. The Balaban J connectivity index is 1.16. The number of para-hydroxylation sites is 1. The van der Waals surface area contributed by atoms with E-state index in [1.807, 2.05) is 34.9 Å². The Labute approximate surface area is 295 Å². The van der Waals surface area contributed by atoms with Crippen molar-refractivity contribution in [3.05, 3.63) is 76.0 Å². The normalized spacial score (nSPS) is 13.3. The summed E-state index contributed by atoms with van der Waals surface area (Å²) in [5.74, 6) is -0.0493. The molecule has 4 amide bonds. The molecule has 13 nitrogen and oxygen atoms in total. The number of imidazole rings is 1. The highest BCUT2D eigenvalue weighted by Crippen LogP contribution is 2.36. The minimum Gasteiger partial charge on any atom is -0.486 e. The molecule has 0 saturated carbocycles. The summed E-state index contributed by atoms with van der Waals surface area (Å²) in [6.07, 6.45) is 2.67. The van der Waals surface area contributed by atoms with Crippen LogP contribution in [0.4, 0.5) is 10.5 Å². The Bertz CT molecular complexity index is 1780. The number of halogens is 2. The van der Waals surface area contributed by atoms with Gasteiger partial charge in [-0.25, -0.2) is 4.79 Å². The van der Waals surface area contributed by atoms with E-state index in [1.165, 1.54) is 4.90 Å². The van der Waals surface area contributed by atoms with Crippen LogP contribution in [0.2, 0.25) is 10.0 Å². The van der Waals surface area contributed by atoms with E-state index < -0.39 is 0 Å². The molecule has 2 aromatic heterocycles. The number of urea groups is 1. The molecule has 260 valence electrons. The van der Waals surface area contributed by atoms with Gasteiger partial charge >= 0.3 is 6.03 Å². The number of aromatic nitrogens is 3. The summed E-state index contributed by atoms with van der Waals surface area (Å²) in [5.41, 5.74) is 3.19. The summed E-state index contributed by atoms with van der Waals surface area (Å²) >= 11 is 13.3. The predicted molar refractivity (Wildman–Crippen MR) is 189 cm³/mol. The second kappa shape index (κ2) is 16.7. The summed E-state index contributed by atoms with van der Waals surface area (Å²) in [4.78, 5) is 51.8. The fraction of sp³-hybridized carbons (Fsp3) is 0.382. The molecular formula is C34H40Cl2N8O5. The van der Waals surface area contributed by atoms with Crippen LogP contribution in [-0.2, 0) is 22.7 Å². The largest absolute Gasteiger partial charge is 0.486 e. The first-order valence-electron chi connectivity index (χ1n) is 15.9. The second-order valence-electron chi connectivity index (χ2n) is 11.5. The van der Waals surface area contributed by atoms with E-state index in [-0.39, 0.29) is 42.4 Å². The van der Waals surface area contributed by atoms with E-state index in [4.69, 9.17) is 32.7 Å². The third-order valence-electron chi connectivity index (χ3n) is 8.40. The first-order valence-corrected chi connectivity index (χ1v) is 16.7. The van der Waals surface area contributed by atoms with Gasteiger partial charge in [-0.15, -0.1) is 0 Å². The molecule has 5 rings (SSSR count). The summed E-state index contributed by atoms with van der Waals surface area (Å²) in [7, 11) is 4.77. The summed E-state index contributed by atoms with van der Waals surface area (Å²) < 4.78 is 13.7. The molecule has 0 aliphatic carbocycles. The number of nitrogens with zero attached hydrogens (tertiary/aromatic N) is 6. The van der Waals surface area contributed by atoms with Crippen LogP contribution < -0.4 is 25.0 Å². The van der Waals surface area contributed by atoms with Gasteiger partial charge in [0.05, 0.1) is 42.1 Å². The molecule has 0 radical (unpaired) electrons. The number of amides is 4. The number of ether oxygens (including phenoxy) is 2. The van der Waals surface area contributed by atoms with Gasteiger partial charge in [0.1, 0.15) is 17.9 Å². The van der Waals surface area contributed by atoms with Crippen LogP contribution in [0.1, 0.15) is 24.1 Å². The number of pyridine rings is 1. The fourth-order valence-electron chi connectivity index (χ4n) is 5.62. The van der Waals surface area contributed by atoms with Crippen LogP contribution in [0.15, 0.2) is 54.7 Å². The van der Waals surface area contributed by atoms with Crippen molar-refractivity contribution in [2.24, 2.45) is 0 Å². The molecule has 1 saturated heterocycles. The molecule has 2 N–H and O–H groups in total. The van der Waals surface area contributed by atoms with Gasteiger partial charge in [0.15, 0.2) is 0 Å². The summed E-state index contributed by atoms with van der Waals surface area (Å²) in [6.45, 7) is 3.85. The molecule has 0 bridgehead atoms. The van der Waals surface area contributed by atoms with Gasteiger partial charge in [-0.05, 0) is 49.4 Å². The van der Waals surface area contributed by atoms with Crippen LogP contribution in [0.5, 0.6) is 11.8 Å². The molecule has 15 heteroatoms. The van der Waals surface area contributed by atoms with Crippen molar-refractivity contribution in [2.45, 2.75) is 26.0 Å². The summed E-state index contributed by atoms with van der Waals surface area (Å²) in [6, 6.07) is 15.0. The molecule has 1 aliphatic heterocycles. The Morgan fingerprint density at radius 1 is 1.02 bits per heavy atom. The minimum atomic E-state index is -0.343. The highest BCUT2D eigenvalue weighted by molar-refractivity contribution is 6.38. The van der Waals surface area contributed by atoms with Gasteiger partial charge in [0.25, 0.3) is 6.01 Å². The lowest BCUT2D eigenvalue weighted by atomic mass is 10.2. The molecule has 49 heavy (non-hydrogen) atoms. The molecule has 1 fully saturated rings. The number of likely N-dealkylation sites (N-methyl/N-ethyl adjacent to an activating group) is 1. The maximum Gasteiger partial charge on any atom is 0.317 e. The van der Waals surface area contributed by atoms with Crippen molar-refractivity contribution in [3.8, 4) is 11.8 Å². The maximum absolute atomic E-state index is 13.1. The van der Waals surface area contributed by atoms with Crippen molar-refractivity contribution in [2.75, 3.05) is 65.4 Å². The van der Waals surface area contributed by atoms with Gasteiger partial charge < -0.3 is 29.9 Å². The van der Waals surface area contributed by atoms with Gasteiger partial charge in [-0.1, -0.05) is 35.3 Å². The molecule has 3 heterocycles. The number of rotatable bonds is 13. The number of carbonyl (C=O) groups excluding carboxylic acids is 3. The molecule has 4 aromatic rings. The number of anilines is 1. The third kappa shape index (κ3) is 8.72. The molecule has 2 aromatic carbocycles. The maximum atomic E-state index is 13.1. The SMILES string of the molecule is CNC(=O)N1CCN(CCCC(=O)NCC(=O)N(C)c2ccc(Cl)c(COc3cccc4c3nc(OC)n4Cc3ccccn3)c2Cl)CC1. The number of carbonyl (C=O) groups is 3. The number of hydrogen-bond acceptors (Lipinski definition) is 8. The van der Waals surface area contributed by atoms with Crippen LogP contribution >= 0.6 is 23.2 Å². The molecule has 0 unspecified atom stereocenters. The van der Waals surface area contributed by atoms with Gasteiger partial charge in [-0.3, -0.25) is 24.0 Å². The van der Waals surface area contributed by atoms with Crippen molar-refractivity contribution in [1.82, 2.24) is 35.0 Å². The van der Waals surface area contributed by atoms with Crippen LogP contribution in [0.25, 0.3) is 11.0 Å². The second-order valence-corrected chi connectivity index (χ2v) is 12.3. The van der Waals surface area contributed by atoms with Crippen LogP contribution in [0.3, 0.4) is 0 Å². The topological polar surface area (TPSA) is 134 Å². The van der Waals surface area contributed by atoms with Crippen molar-refractivity contribution in [1.29, 1.82) is 0 Å². The Hall–Kier alpha value is -4.59. The average molecular weight is 712 g/mol. The molecular weight excluding hydrogens is 671 g/mol. The van der Waals surface area contributed by atoms with E-state index in [0.29, 0.717) is 59.6 Å². The van der Waals surface area contributed by atoms with E-state index in [1.54, 1.807) is 50.5 Å². The molecule has 0 atom stereocenters. The van der Waals surface area contributed by atoms with Crippen LogP contribution in [-0.4, -0.2) is 103 Å². The monoisotopic (exact) mass is 710 g/mol. The number of piperazine rings is 1. The number of methoxy groups -OCH3 is 1. The minimum absolute atomic E-state index is 0.0135. The van der Waals surface area contributed by atoms with Crippen molar-refractivity contribution in [3.63, 3.8) is 0 Å². The Kier molecular flexibility index (Phi) is 12.2.